The Labute approximate surface area is 147 Å². The first-order valence-electron chi connectivity index (χ1n) is 7.81. The first-order valence-corrected chi connectivity index (χ1v) is 7.81. The molecule has 0 atom stereocenters. The van der Waals surface area contributed by atoms with Gasteiger partial charge in [0.05, 0.1) is 0 Å². The van der Waals surface area contributed by atoms with Crippen LogP contribution in [0.3, 0.4) is 0 Å². The number of amides is 2. The van der Waals surface area contributed by atoms with E-state index in [2.05, 4.69) is 28.0 Å². The number of carbonyl (C=O) groups excluding carboxylic acids is 2. The Kier molecular flexibility index (Phi) is 8.00. The molecule has 9 heteroatoms. The first kappa shape index (κ1) is 20.2. The van der Waals surface area contributed by atoms with Crippen molar-refractivity contribution in [3.05, 3.63) is 17.5 Å². The fourth-order valence-corrected chi connectivity index (χ4v) is 2.55. The van der Waals surface area contributed by atoms with E-state index in [1.54, 1.807) is 0 Å². The molecule has 3 N–H and O–H groups in total. The summed E-state index contributed by atoms with van der Waals surface area (Å²) < 4.78 is 9.98. The van der Waals surface area contributed by atoms with Crippen LogP contribution in [0.2, 0.25) is 0 Å². The topological polar surface area (TPSA) is 105 Å². The zero-order chi connectivity index (χ0) is 16.7. The van der Waals surface area contributed by atoms with E-state index in [1.807, 2.05) is 0 Å². The van der Waals surface area contributed by atoms with Gasteiger partial charge in [-0.3, -0.25) is 4.79 Å². The van der Waals surface area contributed by atoms with Gasteiger partial charge >= 0.3 is 6.09 Å². The molecule has 1 aromatic rings. The summed E-state index contributed by atoms with van der Waals surface area (Å²) in [6.07, 6.45) is 2.65. The molecule has 0 spiro atoms. The lowest BCUT2D eigenvalue weighted by Crippen LogP contribution is -2.37. The SMILES string of the molecule is CNC(=O)c1cc(COC(=O)NCCC2(C)CCNCC2)on1.Cl. The minimum absolute atomic E-state index is 0. The molecule has 0 saturated carbocycles. The van der Waals surface area contributed by atoms with Gasteiger partial charge in [0.15, 0.2) is 18.1 Å². The van der Waals surface area contributed by atoms with E-state index in [4.69, 9.17) is 9.26 Å². The number of hydrogen-bond acceptors (Lipinski definition) is 6. The van der Waals surface area contributed by atoms with Crippen molar-refractivity contribution in [3.63, 3.8) is 0 Å². The van der Waals surface area contributed by atoms with Crippen LogP contribution in [0, 0.1) is 5.41 Å². The van der Waals surface area contributed by atoms with Crippen molar-refractivity contribution in [1.29, 1.82) is 0 Å². The lowest BCUT2D eigenvalue weighted by atomic mass is 9.78. The number of nitrogens with one attached hydrogen (secondary N) is 3. The third kappa shape index (κ3) is 6.01. The Balaban J connectivity index is 0.00000288. The van der Waals surface area contributed by atoms with Crippen molar-refractivity contribution in [2.24, 2.45) is 5.41 Å². The van der Waals surface area contributed by atoms with Crippen LogP contribution in [0.15, 0.2) is 10.6 Å². The van der Waals surface area contributed by atoms with E-state index < -0.39 is 6.09 Å². The summed E-state index contributed by atoms with van der Waals surface area (Å²) in [4.78, 5) is 23.0. The average molecular weight is 361 g/mol. The molecule has 0 aliphatic carbocycles. The summed E-state index contributed by atoms with van der Waals surface area (Å²) in [6, 6.07) is 1.45. The predicted molar refractivity (Wildman–Crippen MR) is 90.2 cm³/mol. The average Bonchev–Trinajstić information content (AvgIpc) is 3.01. The van der Waals surface area contributed by atoms with E-state index in [0.717, 1.165) is 32.4 Å². The van der Waals surface area contributed by atoms with Crippen LogP contribution in [-0.2, 0) is 11.3 Å². The van der Waals surface area contributed by atoms with Gasteiger partial charge in [-0.15, -0.1) is 12.4 Å². The molecule has 136 valence electrons. The van der Waals surface area contributed by atoms with E-state index in [9.17, 15) is 9.59 Å². The number of aromatic nitrogens is 1. The fourth-order valence-electron chi connectivity index (χ4n) is 2.55. The van der Waals surface area contributed by atoms with Crippen LogP contribution in [0.1, 0.15) is 42.4 Å². The number of rotatable bonds is 6. The second-order valence-corrected chi connectivity index (χ2v) is 6.07. The van der Waals surface area contributed by atoms with Crippen molar-refractivity contribution < 1.29 is 18.8 Å². The zero-order valence-electron chi connectivity index (χ0n) is 14.0. The van der Waals surface area contributed by atoms with E-state index in [1.165, 1.54) is 13.1 Å². The van der Waals surface area contributed by atoms with Gasteiger partial charge in [0.1, 0.15) is 0 Å². The molecular weight excluding hydrogens is 336 g/mol. The van der Waals surface area contributed by atoms with E-state index >= 15 is 0 Å². The summed E-state index contributed by atoms with van der Waals surface area (Å²) in [7, 11) is 1.50. The number of halogens is 1. The van der Waals surface area contributed by atoms with Crippen LogP contribution in [0.4, 0.5) is 4.79 Å². The van der Waals surface area contributed by atoms with Crippen molar-refractivity contribution >= 4 is 24.4 Å². The fraction of sp³-hybridized carbons (Fsp3) is 0.667. The van der Waals surface area contributed by atoms with Crippen molar-refractivity contribution in [1.82, 2.24) is 21.1 Å². The van der Waals surface area contributed by atoms with Crippen LogP contribution in [-0.4, -0.2) is 43.8 Å². The molecule has 2 heterocycles. The molecule has 0 radical (unpaired) electrons. The molecule has 1 saturated heterocycles. The van der Waals surface area contributed by atoms with Crippen LogP contribution < -0.4 is 16.0 Å². The van der Waals surface area contributed by atoms with Gasteiger partial charge in [0.2, 0.25) is 0 Å². The van der Waals surface area contributed by atoms with Crippen molar-refractivity contribution in [3.8, 4) is 0 Å². The number of piperidine rings is 1. The highest BCUT2D eigenvalue weighted by Gasteiger charge is 2.26. The summed E-state index contributed by atoms with van der Waals surface area (Å²) in [5.41, 5.74) is 0.427. The largest absolute Gasteiger partial charge is 0.441 e. The van der Waals surface area contributed by atoms with Gasteiger partial charge in [-0.25, -0.2) is 4.79 Å². The van der Waals surface area contributed by atoms with Gasteiger partial charge in [-0.1, -0.05) is 12.1 Å². The molecule has 24 heavy (non-hydrogen) atoms. The molecule has 8 nitrogen and oxygen atoms in total. The molecule has 1 aliphatic heterocycles. The second kappa shape index (κ2) is 9.48. The molecule has 1 fully saturated rings. The summed E-state index contributed by atoms with van der Waals surface area (Å²) in [5.74, 6) is -0.0243. The van der Waals surface area contributed by atoms with Gasteiger partial charge < -0.3 is 25.2 Å². The molecule has 2 amide bonds. The van der Waals surface area contributed by atoms with Crippen LogP contribution in [0.25, 0.3) is 0 Å². The molecule has 0 unspecified atom stereocenters. The molecular formula is C15H25ClN4O4. The van der Waals surface area contributed by atoms with Gasteiger partial charge in [-0.05, 0) is 37.8 Å². The minimum atomic E-state index is -0.500. The smallest absolute Gasteiger partial charge is 0.407 e. The van der Waals surface area contributed by atoms with Crippen LogP contribution >= 0.6 is 12.4 Å². The number of carbonyl (C=O) groups is 2. The summed E-state index contributed by atoms with van der Waals surface area (Å²) >= 11 is 0. The first-order chi connectivity index (χ1) is 11.0. The second-order valence-electron chi connectivity index (χ2n) is 6.07. The predicted octanol–water partition coefficient (Wildman–Crippen LogP) is 1.46. The maximum Gasteiger partial charge on any atom is 0.407 e. The third-order valence-electron chi connectivity index (χ3n) is 4.17. The molecule has 0 bridgehead atoms. The Morgan fingerprint density at radius 3 is 2.79 bits per heavy atom. The summed E-state index contributed by atoms with van der Waals surface area (Å²) in [6.45, 7) is 4.82. The number of nitrogens with zero attached hydrogens (tertiary/aromatic N) is 1. The number of hydrogen-bond donors (Lipinski definition) is 3. The highest BCUT2D eigenvalue weighted by Crippen LogP contribution is 2.31. The van der Waals surface area contributed by atoms with Gasteiger partial charge in [-0.2, -0.15) is 0 Å². The number of alkyl carbamates (subject to hydrolysis) is 1. The Morgan fingerprint density at radius 2 is 2.12 bits per heavy atom. The molecule has 0 aromatic carbocycles. The maximum absolute atomic E-state index is 11.7. The monoisotopic (exact) mass is 360 g/mol. The normalized spacial score (nSPS) is 15.9. The minimum Gasteiger partial charge on any atom is -0.441 e. The third-order valence-corrected chi connectivity index (χ3v) is 4.17. The molecule has 2 rings (SSSR count). The standard InChI is InChI=1S/C15H24N4O4.ClH/c1-15(3-6-17-7-4-15)5-8-18-14(21)22-10-11-9-12(19-23-11)13(20)16-2;/h9,17H,3-8,10H2,1-2H3,(H,16,20)(H,18,21);1H. The van der Waals surface area contributed by atoms with Gasteiger partial charge in [0.25, 0.3) is 5.91 Å². The van der Waals surface area contributed by atoms with E-state index in [0.29, 0.717) is 12.3 Å². The lowest BCUT2D eigenvalue weighted by molar-refractivity contribution is 0.0952. The Bertz CT molecular complexity index is 543. The zero-order valence-corrected chi connectivity index (χ0v) is 14.8. The maximum atomic E-state index is 11.7. The van der Waals surface area contributed by atoms with E-state index in [-0.39, 0.29) is 36.0 Å². The van der Waals surface area contributed by atoms with Crippen molar-refractivity contribution in [2.45, 2.75) is 32.8 Å². The van der Waals surface area contributed by atoms with Crippen molar-refractivity contribution in [2.75, 3.05) is 26.7 Å². The van der Waals surface area contributed by atoms with Crippen LogP contribution in [0.5, 0.6) is 0 Å². The highest BCUT2D eigenvalue weighted by molar-refractivity contribution is 5.91. The molecule has 1 aliphatic rings. The highest BCUT2D eigenvalue weighted by atomic mass is 35.5. The Hall–Kier alpha value is -1.80. The quantitative estimate of drug-likeness (QED) is 0.709. The number of ether oxygens (including phenoxy) is 1. The summed E-state index contributed by atoms with van der Waals surface area (Å²) in [5, 5.41) is 12.1. The molecule has 1 aromatic heterocycles. The lowest BCUT2D eigenvalue weighted by Gasteiger charge is -2.34. The Morgan fingerprint density at radius 1 is 1.42 bits per heavy atom. The van der Waals surface area contributed by atoms with Gasteiger partial charge in [0, 0.05) is 19.7 Å².